The van der Waals surface area contributed by atoms with E-state index in [0.29, 0.717) is 19.6 Å². The number of nitrogens with one attached hydrogen (secondary N) is 1. The van der Waals surface area contributed by atoms with Crippen LogP contribution in [0, 0.1) is 0 Å². The van der Waals surface area contributed by atoms with Crippen LogP contribution in [0.15, 0.2) is 34.9 Å². The molecule has 1 amide bonds. The van der Waals surface area contributed by atoms with E-state index in [1.807, 2.05) is 13.2 Å². The Labute approximate surface area is 210 Å². The Hall–Kier alpha value is -1.70. The van der Waals surface area contributed by atoms with Gasteiger partial charge >= 0.3 is 0 Å². The number of aryl methyl sites for hydroxylation is 1. The van der Waals surface area contributed by atoms with E-state index in [4.69, 9.17) is 9.73 Å². The smallest absolute Gasteiger partial charge is 0.246 e. The molecule has 2 aromatic rings. The number of morpholine rings is 1. The van der Waals surface area contributed by atoms with E-state index in [9.17, 15) is 4.79 Å². The number of carbonyl (C=O) groups is 1. The van der Waals surface area contributed by atoms with Crippen LogP contribution in [0.4, 0.5) is 5.69 Å². The molecule has 1 N–H and O–H groups in total. The number of aromatic nitrogens is 2. The van der Waals surface area contributed by atoms with E-state index >= 15 is 0 Å². The predicted molar refractivity (Wildman–Crippen MR) is 138 cm³/mol. The summed E-state index contributed by atoms with van der Waals surface area (Å²) in [5, 5.41) is 9.69. The largest absolute Gasteiger partial charge is 0.379 e. The first-order valence-corrected chi connectivity index (χ1v) is 11.7. The van der Waals surface area contributed by atoms with E-state index in [1.54, 1.807) is 27.1 Å². The van der Waals surface area contributed by atoms with Crippen molar-refractivity contribution in [3.63, 3.8) is 0 Å². The van der Waals surface area contributed by atoms with Crippen LogP contribution >= 0.6 is 35.3 Å². The molecule has 4 rings (SSSR count). The SMILES string of the molecule is CCNC(=NCC(c1cccs1)N1CCOCC1)N1CCN(c2cnn(C)c2)C(=O)C1.I. The van der Waals surface area contributed by atoms with Crippen molar-refractivity contribution in [2.24, 2.45) is 12.0 Å². The highest BCUT2D eigenvalue weighted by Gasteiger charge is 2.29. The fourth-order valence-electron chi connectivity index (χ4n) is 4.03. The number of guanidine groups is 1. The molecule has 1 atom stereocenters. The number of anilines is 1. The summed E-state index contributed by atoms with van der Waals surface area (Å²) in [7, 11) is 1.86. The van der Waals surface area contributed by atoms with E-state index in [2.05, 4.69) is 44.7 Å². The molecule has 0 radical (unpaired) electrons. The average molecular weight is 574 g/mol. The van der Waals surface area contributed by atoms with Gasteiger partial charge in [-0.3, -0.25) is 19.4 Å². The van der Waals surface area contributed by atoms with Gasteiger partial charge < -0.3 is 19.9 Å². The summed E-state index contributed by atoms with van der Waals surface area (Å²) in [5.41, 5.74) is 0.846. The Bertz CT molecular complexity index is 883. The number of hydrogen-bond donors (Lipinski definition) is 1. The van der Waals surface area contributed by atoms with Crippen molar-refractivity contribution in [1.82, 2.24) is 24.9 Å². The minimum absolute atomic E-state index is 0. The summed E-state index contributed by atoms with van der Waals surface area (Å²) >= 11 is 1.77. The first kappa shape index (κ1) is 24.9. The van der Waals surface area contributed by atoms with Crippen LogP contribution in [0.2, 0.25) is 0 Å². The molecular formula is C21H32IN7O2S. The second-order valence-corrected chi connectivity index (χ2v) is 8.69. The normalized spacial score (nSPS) is 19.1. The first-order chi connectivity index (χ1) is 15.2. The maximum Gasteiger partial charge on any atom is 0.246 e. The monoisotopic (exact) mass is 573 g/mol. The van der Waals surface area contributed by atoms with Crippen LogP contribution in [-0.4, -0.2) is 90.5 Å². The standard InChI is InChI=1S/C21H31N7O2S.HI/c1-3-22-21(27-6-7-28(20(29)16-27)17-13-24-25(2)15-17)23-14-18(19-5-4-12-31-19)26-8-10-30-11-9-26;/h4-5,12-13,15,18H,3,6-11,14,16H2,1-2H3,(H,22,23);1H. The van der Waals surface area contributed by atoms with Crippen LogP contribution in [-0.2, 0) is 16.6 Å². The molecule has 2 aliphatic rings. The van der Waals surface area contributed by atoms with E-state index in [0.717, 1.165) is 51.0 Å². The van der Waals surface area contributed by atoms with Crippen LogP contribution < -0.4 is 10.2 Å². The summed E-state index contributed by atoms with van der Waals surface area (Å²) < 4.78 is 7.26. The third-order valence-electron chi connectivity index (χ3n) is 5.63. The van der Waals surface area contributed by atoms with E-state index in [1.165, 1.54) is 4.88 Å². The van der Waals surface area contributed by atoms with Gasteiger partial charge in [0.05, 0.1) is 37.7 Å². The Morgan fingerprint density at radius 1 is 1.31 bits per heavy atom. The molecule has 0 saturated carbocycles. The molecule has 0 aliphatic carbocycles. The second-order valence-electron chi connectivity index (χ2n) is 7.71. The summed E-state index contributed by atoms with van der Waals surface area (Å²) in [6, 6.07) is 4.51. The predicted octanol–water partition coefficient (Wildman–Crippen LogP) is 1.79. The number of aliphatic imine (C=N–C) groups is 1. The molecule has 2 fully saturated rings. The lowest BCUT2D eigenvalue weighted by Crippen LogP contribution is -2.55. The number of carbonyl (C=O) groups excluding carboxylic acids is 1. The molecule has 176 valence electrons. The highest BCUT2D eigenvalue weighted by molar-refractivity contribution is 14.0. The van der Waals surface area contributed by atoms with Crippen molar-refractivity contribution < 1.29 is 9.53 Å². The van der Waals surface area contributed by atoms with Crippen molar-refractivity contribution in [3.8, 4) is 0 Å². The molecule has 11 heteroatoms. The topological polar surface area (TPSA) is 78.2 Å². The lowest BCUT2D eigenvalue weighted by molar-refractivity contribution is -0.120. The number of hydrogen-bond acceptors (Lipinski definition) is 6. The maximum atomic E-state index is 12.8. The van der Waals surface area contributed by atoms with Crippen molar-refractivity contribution in [1.29, 1.82) is 0 Å². The Morgan fingerprint density at radius 3 is 2.75 bits per heavy atom. The van der Waals surface area contributed by atoms with Gasteiger partial charge in [0.25, 0.3) is 0 Å². The quantitative estimate of drug-likeness (QED) is 0.323. The van der Waals surface area contributed by atoms with Gasteiger partial charge in [-0.05, 0) is 18.4 Å². The summed E-state index contributed by atoms with van der Waals surface area (Å²) in [6.07, 6.45) is 3.61. The van der Waals surface area contributed by atoms with Gasteiger partial charge in [0.15, 0.2) is 5.96 Å². The molecule has 0 spiro atoms. The Balaban J connectivity index is 0.00000289. The highest BCUT2D eigenvalue weighted by Crippen LogP contribution is 2.26. The first-order valence-electron chi connectivity index (χ1n) is 10.8. The van der Waals surface area contributed by atoms with Crippen LogP contribution in [0.1, 0.15) is 17.8 Å². The molecule has 2 saturated heterocycles. The zero-order valence-electron chi connectivity index (χ0n) is 18.6. The number of rotatable bonds is 6. The minimum Gasteiger partial charge on any atom is -0.379 e. The molecule has 32 heavy (non-hydrogen) atoms. The lowest BCUT2D eigenvalue weighted by Gasteiger charge is -2.36. The summed E-state index contributed by atoms with van der Waals surface area (Å²) in [4.78, 5) is 25.4. The number of ether oxygens (including phenoxy) is 1. The molecule has 2 aliphatic heterocycles. The number of piperazine rings is 1. The molecule has 1 unspecified atom stereocenters. The van der Waals surface area contributed by atoms with Crippen molar-refractivity contribution in [2.75, 3.05) is 63.9 Å². The summed E-state index contributed by atoms with van der Waals surface area (Å²) in [5.74, 6) is 0.865. The molecule has 0 aromatic carbocycles. The van der Waals surface area contributed by atoms with Crippen LogP contribution in [0.5, 0.6) is 0 Å². The minimum atomic E-state index is 0. The van der Waals surface area contributed by atoms with E-state index in [-0.39, 0.29) is 35.9 Å². The number of nitrogens with zero attached hydrogens (tertiary/aromatic N) is 6. The average Bonchev–Trinajstić information content (AvgIpc) is 3.46. The zero-order chi connectivity index (χ0) is 21.6. The highest BCUT2D eigenvalue weighted by atomic mass is 127. The van der Waals surface area contributed by atoms with Gasteiger partial charge in [-0.2, -0.15) is 5.10 Å². The van der Waals surface area contributed by atoms with Crippen molar-refractivity contribution in [2.45, 2.75) is 13.0 Å². The fraction of sp³-hybridized carbons (Fsp3) is 0.571. The molecule has 9 nitrogen and oxygen atoms in total. The Morgan fingerprint density at radius 2 is 2.12 bits per heavy atom. The summed E-state index contributed by atoms with van der Waals surface area (Å²) in [6.45, 7) is 8.47. The van der Waals surface area contributed by atoms with Gasteiger partial charge in [-0.15, -0.1) is 35.3 Å². The fourth-order valence-corrected chi connectivity index (χ4v) is 4.88. The van der Waals surface area contributed by atoms with Crippen molar-refractivity contribution in [3.05, 3.63) is 34.8 Å². The number of thiophene rings is 1. The zero-order valence-corrected chi connectivity index (χ0v) is 21.8. The third kappa shape index (κ3) is 6.00. The molecule has 4 heterocycles. The number of amides is 1. The Kier molecular flexibility index (Phi) is 9.32. The van der Waals surface area contributed by atoms with Gasteiger partial charge in [-0.25, -0.2) is 0 Å². The molecule has 2 aromatic heterocycles. The van der Waals surface area contributed by atoms with E-state index < -0.39 is 0 Å². The maximum absolute atomic E-state index is 12.8. The van der Waals surface area contributed by atoms with Gasteiger partial charge in [0, 0.05) is 50.8 Å². The van der Waals surface area contributed by atoms with Crippen LogP contribution in [0.25, 0.3) is 0 Å². The molecular weight excluding hydrogens is 541 g/mol. The van der Waals surface area contributed by atoms with Gasteiger partial charge in [0.1, 0.15) is 6.54 Å². The number of halogens is 1. The van der Waals surface area contributed by atoms with Crippen LogP contribution in [0.3, 0.4) is 0 Å². The second kappa shape index (κ2) is 12.0. The molecule has 0 bridgehead atoms. The van der Waals surface area contributed by atoms with Gasteiger partial charge in [0.2, 0.25) is 5.91 Å². The third-order valence-corrected chi connectivity index (χ3v) is 6.60. The van der Waals surface area contributed by atoms with Gasteiger partial charge in [-0.1, -0.05) is 6.07 Å². The lowest BCUT2D eigenvalue weighted by atomic mass is 10.2. The van der Waals surface area contributed by atoms with Crippen molar-refractivity contribution >= 4 is 52.9 Å².